The summed E-state index contributed by atoms with van der Waals surface area (Å²) in [7, 11) is 0. The van der Waals surface area contributed by atoms with E-state index in [4.69, 9.17) is 11.1 Å². The normalized spacial score (nSPS) is 10.9. The van der Waals surface area contributed by atoms with Gasteiger partial charge in [-0.3, -0.25) is 4.98 Å². The highest BCUT2D eigenvalue weighted by Gasteiger charge is 2.06. The minimum absolute atomic E-state index is 0.611. The average Bonchev–Trinajstić information content (AvgIpc) is 2.42. The average molecular weight is 222 g/mol. The smallest absolute Gasteiger partial charge is 0.0991 e. The van der Waals surface area contributed by atoms with Crippen molar-refractivity contribution in [1.82, 2.24) is 4.98 Å². The first-order valence-electron chi connectivity index (χ1n) is 5.04. The maximum Gasteiger partial charge on any atom is 0.0991 e. The van der Waals surface area contributed by atoms with E-state index < -0.39 is 0 Å². The Bertz CT molecular complexity index is 565. The van der Waals surface area contributed by atoms with Crippen molar-refractivity contribution in [3.63, 3.8) is 0 Å². The molecule has 0 radical (unpaired) electrons. The zero-order valence-corrected chi connectivity index (χ0v) is 9.04. The van der Waals surface area contributed by atoms with E-state index in [1.54, 1.807) is 24.5 Å². The predicted octanol–water partition coefficient (Wildman–Crippen LogP) is 1.66. The van der Waals surface area contributed by atoms with Crippen molar-refractivity contribution >= 4 is 5.71 Å². The number of nitrogens with zero attached hydrogens (tertiary/aromatic N) is 3. The first kappa shape index (κ1) is 10.8. The number of benzene rings is 1. The van der Waals surface area contributed by atoms with Crippen LogP contribution in [0.5, 0.6) is 0 Å². The Labute approximate surface area is 99.0 Å². The van der Waals surface area contributed by atoms with Crippen LogP contribution in [0, 0.1) is 11.3 Å². The summed E-state index contributed by atoms with van der Waals surface area (Å²) in [5, 5.41) is 12.5. The van der Waals surface area contributed by atoms with Gasteiger partial charge in [0.15, 0.2) is 0 Å². The van der Waals surface area contributed by atoms with Crippen molar-refractivity contribution in [3.8, 4) is 6.07 Å². The monoisotopic (exact) mass is 222 g/mol. The first-order chi connectivity index (χ1) is 8.35. The van der Waals surface area contributed by atoms with Crippen LogP contribution >= 0.6 is 0 Å². The minimum Gasteiger partial charge on any atom is -0.323 e. The molecule has 0 atom stereocenters. The fraction of sp³-hybridized carbons (Fsp3) is 0. The Morgan fingerprint density at radius 3 is 2.18 bits per heavy atom. The van der Waals surface area contributed by atoms with Crippen LogP contribution in [0.1, 0.15) is 16.7 Å². The topological polar surface area (TPSA) is 75.1 Å². The number of nitrogens with two attached hydrogens (primary N) is 1. The van der Waals surface area contributed by atoms with Gasteiger partial charge in [-0.25, -0.2) is 0 Å². The summed E-state index contributed by atoms with van der Waals surface area (Å²) in [6.07, 6.45) is 3.37. The molecule has 0 saturated heterocycles. The number of hydrogen-bond acceptors (Lipinski definition) is 4. The minimum atomic E-state index is 0.611. The highest BCUT2D eigenvalue weighted by molar-refractivity contribution is 6.12. The predicted molar refractivity (Wildman–Crippen MR) is 65.2 cm³/mol. The molecule has 2 N–H and O–H groups in total. The molecule has 0 aliphatic rings. The molecule has 2 aromatic rings. The molecule has 2 rings (SSSR count). The summed E-state index contributed by atoms with van der Waals surface area (Å²) in [6, 6.07) is 12.9. The molecule has 4 nitrogen and oxygen atoms in total. The molecule has 17 heavy (non-hydrogen) atoms. The second-order valence-corrected chi connectivity index (χ2v) is 3.40. The van der Waals surface area contributed by atoms with E-state index in [9.17, 15) is 0 Å². The molecule has 0 unspecified atom stereocenters. The molecular weight excluding hydrogens is 212 g/mol. The Hall–Kier alpha value is -2.67. The molecule has 0 aliphatic heterocycles. The van der Waals surface area contributed by atoms with Gasteiger partial charge in [0, 0.05) is 23.5 Å². The van der Waals surface area contributed by atoms with Crippen molar-refractivity contribution in [1.29, 1.82) is 5.26 Å². The van der Waals surface area contributed by atoms with Crippen LogP contribution < -0.4 is 5.84 Å². The molecule has 82 valence electrons. The van der Waals surface area contributed by atoms with Crippen molar-refractivity contribution in [3.05, 3.63) is 65.5 Å². The van der Waals surface area contributed by atoms with E-state index in [1.165, 1.54) is 0 Å². The second kappa shape index (κ2) is 4.90. The van der Waals surface area contributed by atoms with E-state index in [0.29, 0.717) is 11.3 Å². The van der Waals surface area contributed by atoms with E-state index in [1.807, 2.05) is 24.3 Å². The summed E-state index contributed by atoms with van der Waals surface area (Å²) in [5.74, 6) is 5.41. The highest BCUT2D eigenvalue weighted by Crippen LogP contribution is 2.10. The fourth-order valence-corrected chi connectivity index (χ4v) is 1.53. The molecule has 0 fully saturated rings. The largest absolute Gasteiger partial charge is 0.323 e. The first-order valence-corrected chi connectivity index (χ1v) is 5.04. The molecule has 1 aromatic carbocycles. The van der Waals surface area contributed by atoms with Crippen molar-refractivity contribution in [2.75, 3.05) is 0 Å². The van der Waals surface area contributed by atoms with E-state index in [-0.39, 0.29) is 0 Å². The molecule has 4 heteroatoms. The molecule has 0 saturated carbocycles. The van der Waals surface area contributed by atoms with Gasteiger partial charge in [0.25, 0.3) is 0 Å². The fourth-order valence-electron chi connectivity index (χ4n) is 1.53. The number of aromatic nitrogens is 1. The third kappa shape index (κ3) is 2.29. The maximum atomic E-state index is 8.73. The van der Waals surface area contributed by atoms with Crippen molar-refractivity contribution in [2.45, 2.75) is 0 Å². The zero-order valence-electron chi connectivity index (χ0n) is 9.04. The standard InChI is InChI=1S/C13H10N4/c14-9-10-1-3-11(4-2-10)13(17-15)12-5-7-16-8-6-12/h1-8H,15H2. The number of rotatable bonds is 2. The summed E-state index contributed by atoms with van der Waals surface area (Å²) in [6.45, 7) is 0. The molecule has 1 aromatic heterocycles. The van der Waals surface area contributed by atoms with Gasteiger partial charge >= 0.3 is 0 Å². The quantitative estimate of drug-likeness (QED) is 0.477. The molecular formula is C13H10N4. The Balaban J connectivity index is 2.41. The van der Waals surface area contributed by atoms with Crippen molar-refractivity contribution in [2.24, 2.45) is 10.9 Å². The Morgan fingerprint density at radius 2 is 1.65 bits per heavy atom. The Kier molecular flexibility index (Phi) is 3.13. The maximum absolute atomic E-state index is 8.73. The summed E-state index contributed by atoms with van der Waals surface area (Å²) in [4.78, 5) is 3.94. The van der Waals surface area contributed by atoms with Crippen LogP contribution in [0.15, 0.2) is 53.9 Å². The second-order valence-electron chi connectivity index (χ2n) is 3.40. The van der Waals surface area contributed by atoms with Crippen LogP contribution in [0.2, 0.25) is 0 Å². The van der Waals surface area contributed by atoms with Crippen LogP contribution in [0.4, 0.5) is 0 Å². The lowest BCUT2D eigenvalue weighted by Crippen LogP contribution is -2.06. The van der Waals surface area contributed by atoms with Crippen LogP contribution in [-0.2, 0) is 0 Å². The third-order valence-electron chi connectivity index (χ3n) is 2.37. The van der Waals surface area contributed by atoms with Gasteiger partial charge in [-0.1, -0.05) is 12.1 Å². The molecule has 0 aliphatic carbocycles. The van der Waals surface area contributed by atoms with E-state index >= 15 is 0 Å². The van der Waals surface area contributed by atoms with E-state index in [0.717, 1.165) is 11.1 Å². The molecule has 0 bridgehead atoms. The number of nitriles is 1. The number of hydrogen-bond donors (Lipinski definition) is 1. The number of pyridine rings is 1. The molecule has 1 heterocycles. The zero-order chi connectivity index (χ0) is 12.1. The van der Waals surface area contributed by atoms with Crippen LogP contribution in [0.3, 0.4) is 0 Å². The van der Waals surface area contributed by atoms with Crippen molar-refractivity contribution < 1.29 is 0 Å². The van der Waals surface area contributed by atoms with Gasteiger partial charge in [-0.05, 0) is 24.3 Å². The Morgan fingerprint density at radius 1 is 1.06 bits per heavy atom. The van der Waals surface area contributed by atoms with Gasteiger partial charge in [-0.2, -0.15) is 10.4 Å². The lowest BCUT2D eigenvalue weighted by molar-refractivity contribution is 1.23. The SMILES string of the molecule is N#Cc1ccc(C(=NN)c2ccncc2)cc1. The van der Waals surface area contributed by atoms with Crippen LogP contribution in [-0.4, -0.2) is 10.7 Å². The molecule has 0 amide bonds. The van der Waals surface area contributed by atoms with Gasteiger partial charge in [-0.15, -0.1) is 0 Å². The van der Waals surface area contributed by atoms with Gasteiger partial charge in [0.1, 0.15) is 0 Å². The lowest BCUT2D eigenvalue weighted by atomic mass is 10.0. The third-order valence-corrected chi connectivity index (χ3v) is 2.37. The van der Waals surface area contributed by atoms with Crippen LogP contribution in [0.25, 0.3) is 0 Å². The molecule has 0 spiro atoms. The van der Waals surface area contributed by atoms with Gasteiger partial charge in [0.05, 0.1) is 17.3 Å². The van der Waals surface area contributed by atoms with E-state index in [2.05, 4.69) is 16.2 Å². The summed E-state index contributed by atoms with van der Waals surface area (Å²) >= 11 is 0. The lowest BCUT2D eigenvalue weighted by Gasteiger charge is -2.05. The van der Waals surface area contributed by atoms with Gasteiger partial charge < -0.3 is 5.84 Å². The highest BCUT2D eigenvalue weighted by atomic mass is 15.1. The summed E-state index contributed by atoms with van der Waals surface area (Å²) < 4.78 is 0. The summed E-state index contributed by atoms with van der Waals surface area (Å²) in [5.41, 5.74) is 3.06. The van der Waals surface area contributed by atoms with Gasteiger partial charge in [0.2, 0.25) is 0 Å². The number of hydrazone groups is 1.